The topological polar surface area (TPSA) is 124 Å². The van der Waals surface area contributed by atoms with Crippen molar-refractivity contribution in [1.29, 1.82) is 0 Å². The Kier molecular flexibility index (Phi) is 4.91. The molecule has 2 amide bonds. The van der Waals surface area contributed by atoms with Crippen LogP contribution in [0.1, 0.15) is 16.3 Å². The highest BCUT2D eigenvalue weighted by Crippen LogP contribution is 2.06. The number of hydrogen-bond donors (Lipinski definition) is 2. The largest absolute Gasteiger partial charge is 0.459 e. The van der Waals surface area contributed by atoms with Gasteiger partial charge in [0.2, 0.25) is 0 Å². The molecule has 2 aromatic heterocycles. The molecule has 0 saturated heterocycles. The summed E-state index contributed by atoms with van der Waals surface area (Å²) >= 11 is 0. The second-order valence-corrected chi connectivity index (χ2v) is 4.19. The van der Waals surface area contributed by atoms with Crippen LogP contribution in [0.5, 0.6) is 0 Å². The number of nitrogens with zero attached hydrogens (tertiary/aromatic N) is 1. The molecule has 2 rings (SSSR count). The molecule has 0 aliphatic heterocycles. The van der Waals surface area contributed by atoms with E-state index < -0.39 is 24.4 Å². The van der Waals surface area contributed by atoms with Crippen molar-refractivity contribution in [2.75, 3.05) is 18.5 Å². The maximum absolute atomic E-state index is 11.5. The minimum Gasteiger partial charge on any atom is -0.459 e. The van der Waals surface area contributed by atoms with E-state index in [2.05, 4.69) is 15.8 Å². The number of carbonyl (C=O) groups excluding carboxylic acids is 3. The minimum absolute atomic E-state index is 0.0759. The summed E-state index contributed by atoms with van der Waals surface area (Å²) in [5.41, 5.74) is 0. The van der Waals surface area contributed by atoms with Crippen LogP contribution < -0.4 is 10.6 Å². The molecule has 0 bridgehead atoms. The van der Waals surface area contributed by atoms with Gasteiger partial charge in [-0.05, 0) is 19.1 Å². The summed E-state index contributed by atoms with van der Waals surface area (Å²) in [5.74, 6) is -1.04. The monoisotopic (exact) mass is 307 g/mol. The quantitative estimate of drug-likeness (QED) is 0.744. The third-order valence-electron chi connectivity index (χ3n) is 2.40. The van der Waals surface area contributed by atoms with Crippen LogP contribution in [0, 0.1) is 6.92 Å². The van der Waals surface area contributed by atoms with Crippen molar-refractivity contribution >= 4 is 23.6 Å². The zero-order valence-electron chi connectivity index (χ0n) is 11.6. The summed E-state index contributed by atoms with van der Waals surface area (Å²) in [4.78, 5) is 34.4. The molecule has 0 atom stereocenters. The van der Waals surface area contributed by atoms with E-state index in [1.54, 1.807) is 13.0 Å². The Bertz CT molecular complexity index is 661. The number of nitrogens with one attached hydrogen (secondary N) is 2. The molecule has 2 aromatic rings. The van der Waals surface area contributed by atoms with Crippen LogP contribution >= 0.6 is 0 Å². The Morgan fingerprint density at radius 3 is 2.82 bits per heavy atom. The summed E-state index contributed by atoms with van der Waals surface area (Å²) in [6.07, 6.45) is 1.34. The number of anilines is 1. The molecule has 0 aliphatic rings. The first kappa shape index (κ1) is 15.3. The van der Waals surface area contributed by atoms with E-state index in [0.29, 0.717) is 5.76 Å². The lowest BCUT2D eigenvalue weighted by atomic mass is 10.4. The van der Waals surface area contributed by atoms with Gasteiger partial charge in [0.05, 0.1) is 6.26 Å². The number of esters is 1. The van der Waals surface area contributed by atoms with E-state index in [-0.39, 0.29) is 18.1 Å². The number of ether oxygens (including phenoxy) is 1. The van der Waals surface area contributed by atoms with Crippen molar-refractivity contribution in [3.8, 4) is 0 Å². The molecule has 9 heteroatoms. The smallest absolute Gasteiger partial charge is 0.325 e. The fourth-order valence-corrected chi connectivity index (χ4v) is 1.45. The minimum atomic E-state index is -0.758. The number of hydrogen-bond acceptors (Lipinski definition) is 7. The number of carbonyl (C=O) groups is 3. The van der Waals surface area contributed by atoms with Crippen molar-refractivity contribution in [3.63, 3.8) is 0 Å². The predicted octanol–water partition coefficient (Wildman–Crippen LogP) is 0.488. The van der Waals surface area contributed by atoms with Gasteiger partial charge < -0.3 is 24.3 Å². The van der Waals surface area contributed by atoms with E-state index in [1.807, 2.05) is 0 Å². The number of furan rings is 1. The second kappa shape index (κ2) is 7.07. The van der Waals surface area contributed by atoms with Gasteiger partial charge in [-0.2, -0.15) is 0 Å². The van der Waals surface area contributed by atoms with E-state index in [1.165, 1.54) is 18.4 Å². The van der Waals surface area contributed by atoms with Crippen molar-refractivity contribution in [2.24, 2.45) is 0 Å². The third-order valence-corrected chi connectivity index (χ3v) is 2.40. The van der Waals surface area contributed by atoms with Gasteiger partial charge in [0.15, 0.2) is 18.2 Å². The molecule has 0 fully saturated rings. The van der Waals surface area contributed by atoms with E-state index >= 15 is 0 Å². The molecule has 0 unspecified atom stereocenters. The normalized spacial score (nSPS) is 10.0. The third kappa shape index (κ3) is 4.47. The number of amides is 2. The van der Waals surface area contributed by atoms with Crippen LogP contribution in [0.3, 0.4) is 0 Å². The first-order valence-corrected chi connectivity index (χ1v) is 6.25. The molecular weight excluding hydrogens is 294 g/mol. The van der Waals surface area contributed by atoms with Crippen LogP contribution in [0.4, 0.5) is 5.82 Å². The van der Waals surface area contributed by atoms with Crippen molar-refractivity contribution in [3.05, 3.63) is 36.0 Å². The maximum Gasteiger partial charge on any atom is 0.325 e. The lowest BCUT2D eigenvalue weighted by molar-refractivity contribution is -0.146. The SMILES string of the molecule is Cc1cc(NC(=O)COC(=O)CNC(=O)c2ccco2)no1. The number of aryl methyl sites for hydroxylation is 1. The van der Waals surface area contributed by atoms with Crippen LogP contribution in [0.25, 0.3) is 0 Å². The molecular formula is C13H13N3O6. The van der Waals surface area contributed by atoms with E-state index in [0.717, 1.165) is 0 Å². The van der Waals surface area contributed by atoms with Gasteiger partial charge in [-0.15, -0.1) is 0 Å². The number of aromatic nitrogens is 1. The van der Waals surface area contributed by atoms with Crippen LogP contribution in [0.15, 0.2) is 33.4 Å². The number of rotatable bonds is 6. The second-order valence-electron chi connectivity index (χ2n) is 4.19. The first-order valence-electron chi connectivity index (χ1n) is 6.25. The predicted molar refractivity (Wildman–Crippen MR) is 71.9 cm³/mol. The van der Waals surface area contributed by atoms with Crippen molar-refractivity contribution < 1.29 is 28.1 Å². The summed E-state index contributed by atoms with van der Waals surface area (Å²) in [7, 11) is 0. The summed E-state index contributed by atoms with van der Waals surface area (Å²) in [6.45, 7) is 0.793. The first-order chi connectivity index (χ1) is 10.5. The Balaban J connectivity index is 1.67. The van der Waals surface area contributed by atoms with E-state index in [9.17, 15) is 14.4 Å². The van der Waals surface area contributed by atoms with Crippen LogP contribution in [0.2, 0.25) is 0 Å². The Morgan fingerprint density at radius 1 is 1.36 bits per heavy atom. The summed E-state index contributed by atoms with van der Waals surface area (Å²) in [5, 5.41) is 8.23. The standard InChI is InChI=1S/C13H13N3O6/c1-8-5-10(16-22-8)15-11(17)7-21-12(18)6-14-13(19)9-3-2-4-20-9/h2-5H,6-7H2,1H3,(H,14,19)(H,15,16,17). The maximum atomic E-state index is 11.5. The lowest BCUT2D eigenvalue weighted by Gasteiger charge is -2.05. The average molecular weight is 307 g/mol. The Labute approximate surface area is 124 Å². The fraction of sp³-hybridized carbons (Fsp3) is 0.231. The molecule has 2 heterocycles. The zero-order valence-corrected chi connectivity index (χ0v) is 11.6. The molecule has 0 radical (unpaired) electrons. The van der Waals surface area contributed by atoms with Gasteiger partial charge in [0.1, 0.15) is 12.3 Å². The lowest BCUT2D eigenvalue weighted by Crippen LogP contribution is -2.32. The highest BCUT2D eigenvalue weighted by molar-refractivity contribution is 5.94. The Morgan fingerprint density at radius 2 is 2.18 bits per heavy atom. The van der Waals surface area contributed by atoms with Crippen LogP contribution in [-0.4, -0.2) is 36.1 Å². The van der Waals surface area contributed by atoms with Gasteiger partial charge >= 0.3 is 5.97 Å². The van der Waals surface area contributed by atoms with Gasteiger partial charge in [-0.1, -0.05) is 5.16 Å². The molecule has 0 aliphatic carbocycles. The molecule has 0 spiro atoms. The summed E-state index contributed by atoms with van der Waals surface area (Å²) < 4.78 is 14.3. The fourth-order valence-electron chi connectivity index (χ4n) is 1.45. The van der Waals surface area contributed by atoms with Gasteiger partial charge in [-0.25, -0.2) is 0 Å². The average Bonchev–Trinajstić information content (AvgIpc) is 3.14. The Hall–Kier alpha value is -3.10. The van der Waals surface area contributed by atoms with Gasteiger partial charge in [-0.3, -0.25) is 14.4 Å². The highest BCUT2D eigenvalue weighted by Gasteiger charge is 2.13. The molecule has 116 valence electrons. The van der Waals surface area contributed by atoms with Crippen LogP contribution in [-0.2, 0) is 14.3 Å². The molecule has 0 aromatic carbocycles. The van der Waals surface area contributed by atoms with E-state index in [4.69, 9.17) is 13.7 Å². The van der Waals surface area contributed by atoms with Gasteiger partial charge in [0.25, 0.3) is 11.8 Å². The molecule has 0 saturated carbocycles. The van der Waals surface area contributed by atoms with Crippen molar-refractivity contribution in [1.82, 2.24) is 10.5 Å². The van der Waals surface area contributed by atoms with Crippen molar-refractivity contribution in [2.45, 2.75) is 6.92 Å². The molecule has 2 N–H and O–H groups in total. The highest BCUT2D eigenvalue weighted by atomic mass is 16.5. The molecule has 9 nitrogen and oxygen atoms in total. The summed E-state index contributed by atoms with van der Waals surface area (Å²) in [6, 6.07) is 4.51. The molecule has 22 heavy (non-hydrogen) atoms. The zero-order chi connectivity index (χ0) is 15.9. The van der Waals surface area contributed by atoms with Gasteiger partial charge in [0, 0.05) is 6.07 Å².